The van der Waals surface area contributed by atoms with Crippen LogP contribution in [-0.4, -0.2) is 81.1 Å². The summed E-state index contributed by atoms with van der Waals surface area (Å²) in [6.07, 6.45) is 0. The minimum absolute atomic E-state index is 0.261. The molecule has 2 aromatic carbocycles. The Morgan fingerprint density at radius 2 is 1.31 bits per heavy atom. The molecule has 7 nitrogen and oxygen atoms in total. The highest BCUT2D eigenvalue weighted by Crippen LogP contribution is 2.35. The van der Waals surface area contributed by atoms with E-state index >= 15 is 0 Å². The second-order valence-electron chi connectivity index (χ2n) is 8.44. The van der Waals surface area contributed by atoms with Crippen molar-refractivity contribution in [2.45, 2.75) is 0 Å². The summed E-state index contributed by atoms with van der Waals surface area (Å²) in [5.74, 6) is -0.530. The highest BCUT2D eigenvalue weighted by Gasteiger charge is 2.42. The van der Waals surface area contributed by atoms with E-state index in [0.29, 0.717) is 43.3 Å². The molecule has 0 radical (unpaired) electrons. The minimum Gasteiger partial charge on any atom is -0.378 e. The Morgan fingerprint density at radius 3 is 1.97 bits per heavy atom. The van der Waals surface area contributed by atoms with Crippen molar-refractivity contribution in [3.8, 4) is 0 Å². The first-order chi connectivity index (χ1) is 15.6. The number of likely N-dealkylation sites (N-methyl/N-ethyl adjacent to an activating group) is 1. The SMILES string of the molecule is CN1CCN(c2ccc(N3C(=O)C(c4ccccc4)=C(N4CCOCC4)C3=O)cc2)CC1. The van der Waals surface area contributed by atoms with Crippen molar-refractivity contribution in [3.63, 3.8) is 0 Å². The molecule has 0 saturated carbocycles. The van der Waals surface area contributed by atoms with Gasteiger partial charge in [0.1, 0.15) is 5.70 Å². The lowest BCUT2D eigenvalue weighted by Crippen LogP contribution is -2.44. The minimum atomic E-state index is -0.268. The van der Waals surface area contributed by atoms with E-state index < -0.39 is 0 Å². The monoisotopic (exact) mass is 432 g/mol. The van der Waals surface area contributed by atoms with Crippen LogP contribution in [0.5, 0.6) is 0 Å². The van der Waals surface area contributed by atoms with Crippen molar-refractivity contribution in [2.75, 3.05) is 69.3 Å². The molecule has 0 spiro atoms. The fourth-order valence-electron chi connectivity index (χ4n) is 4.58. The van der Waals surface area contributed by atoms with Gasteiger partial charge in [-0.05, 0) is 36.9 Å². The van der Waals surface area contributed by atoms with Crippen LogP contribution >= 0.6 is 0 Å². The number of hydrogen-bond acceptors (Lipinski definition) is 6. The lowest BCUT2D eigenvalue weighted by atomic mass is 10.0. The Hall–Kier alpha value is -3.16. The Bertz CT molecular complexity index is 1020. The first-order valence-corrected chi connectivity index (χ1v) is 11.2. The predicted molar refractivity (Wildman–Crippen MR) is 124 cm³/mol. The topological polar surface area (TPSA) is 56.3 Å². The molecule has 32 heavy (non-hydrogen) atoms. The summed E-state index contributed by atoms with van der Waals surface area (Å²) in [6.45, 7) is 6.29. The van der Waals surface area contributed by atoms with Crippen LogP contribution in [-0.2, 0) is 14.3 Å². The number of hydrogen-bond donors (Lipinski definition) is 0. The molecule has 2 amide bonds. The summed E-state index contributed by atoms with van der Waals surface area (Å²) in [5, 5.41) is 0. The highest BCUT2D eigenvalue weighted by molar-refractivity contribution is 6.45. The number of morpholine rings is 1. The quantitative estimate of drug-likeness (QED) is 0.690. The standard InChI is InChI=1S/C25H28N4O3/c1-26-11-13-27(14-12-26)20-7-9-21(10-8-20)29-24(30)22(19-5-3-2-4-6-19)23(25(29)31)28-15-17-32-18-16-28/h2-10H,11-18H2,1H3. The van der Waals surface area contributed by atoms with Crippen molar-refractivity contribution in [2.24, 2.45) is 0 Å². The second kappa shape index (κ2) is 8.76. The van der Waals surface area contributed by atoms with E-state index in [1.165, 1.54) is 4.90 Å². The maximum Gasteiger partial charge on any atom is 0.282 e. The molecule has 2 aromatic rings. The number of ether oxygens (including phenoxy) is 1. The number of nitrogens with zero attached hydrogens (tertiary/aromatic N) is 4. The smallest absolute Gasteiger partial charge is 0.282 e. The zero-order valence-electron chi connectivity index (χ0n) is 18.4. The number of benzene rings is 2. The van der Waals surface area contributed by atoms with Crippen LogP contribution in [0.2, 0.25) is 0 Å². The second-order valence-corrected chi connectivity index (χ2v) is 8.44. The summed E-state index contributed by atoms with van der Waals surface area (Å²) in [5.41, 5.74) is 3.44. The van der Waals surface area contributed by atoms with Crippen molar-refractivity contribution < 1.29 is 14.3 Å². The van der Waals surface area contributed by atoms with E-state index in [2.05, 4.69) is 16.8 Å². The van der Waals surface area contributed by atoms with Crippen molar-refractivity contribution in [1.82, 2.24) is 9.80 Å². The van der Waals surface area contributed by atoms with E-state index in [1.54, 1.807) is 0 Å². The molecule has 0 aliphatic carbocycles. The van der Waals surface area contributed by atoms with Crippen LogP contribution in [0.4, 0.5) is 11.4 Å². The molecule has 0 N–H and O–H groups in total. The van der Waals surface area contributed by atoms with Gasteiger partial charge in [-0.3, -0.25) is 9.59 Å². The van der Waals surface area contributed by atoms with Crippen LogP contribution in [0.3, 0.4) is 0 Å². The van der Waals surface area contributed by atoms with Crippen LogP contribution in [0.15, 0.2) is 60.3 Å². The molecular formula is C25H28N4O3. The van der Waals surface area contributed by atoms with E-state index in [-0.39, 0.29) is 11.8 Å². The van der Waals surface area contributed by atoms with Gasteiger partial charge >= 0.3 is 0 Å². The van der Waals surface area contributed by atoms with E-state index in [0.717, 1.165) is 37.4 Å². The van der Waals surface area contributed by atoms with Gasteiger partial charge in [0.2, 0.25) is 0 Å². The molecule has 0 unspecified atom stereocenters. The Balaban J connectivity index is 1.46. The van der Waals surface area contributed by atoms with Crippen LogP contribution in [0.25, 0.3) is 5.57 Å². The molecule has 7 heteroatoms. The molecule has 166 valence electrons. The van der Waals surface area contributed by atoms with Gasteiger partial charge in [0, 0.05) is 45.0 Å². The largest absolute Gasteiger partial charge is 0.378 e. The summed E-state index contributed by atoms with van der Waals surface area (Å²) < 4.78 is 5.47. The molecule has 3 aliphatic rings. The van der Waals surface area contributed by atoms with Gasteiger partial charge in [0.15, 0.2) is 0 Å². The first-order valence-electron chi connectivity index (χ1n) is 11.2. The summed E-state index contributed by atoms with van der Waals surface area (Å²) >= 11 is 0. The number of carbonyl (C=O) groups is 2. The predicted octanol–water partition coefficient (Wildman–Crippen LogP) is 2.06. The normalized spacial score (nSPS) is 20.5. The maximum atomic E-state index is 13.6. The van der Waals surface area contributed by atoms with Crippen molar-refractivity contribution in [3.05, 3.63) is 65.9 Å². The number of imide groups is 1. The average molecular weight is 433 g/mol. The van der Waals surface area contributed by atoms with Crippen molar-refractivity contribution >= 4 is 28.8 Å². The lowest BCUT2D eigenvalue weighted by molar-refractivity contribution is -0.121. The van der Waals surface area contributed by atoms with Gasteiger partial charge in [0.25, 0.3) is 11.8 Å². The van der Waals surface area contributed by atoms with Gasteiger partial charge in [0.05, 0.1) is 24.5 Å². The molecule has 2 saturated heterocycles. The third kappa shape index (κ3) is 3.78. The fraction of sp³-hybridized carbons (Fsp3) is 0.360. The Kier molecular flexibility index (Phi) is 5.68. The highest BCUT2D eigenvalue weighted by atomic mass is 16.5. The van der Waals surface area contributed by atoms with Crippen LogP contribution in [0.1, 0.15) is 5.56 Å². The Labute approximate surface area is 188 Å². The van der Waals surface area contributed by atoms with Gasteiger partial charge in [-0.25, -0.2) is 4.90 Å². The maximum absolute atomic E-state index is 13.6. The van der Waals surface area contributed by atoms with E-state index in [4.69, 9.17) is 4.74 Å². The van der Waals surface area contributed by atoms with Gasteiger partial charge in [-0.2, -0.15) is 0 Å². The van der Waals surface area contributed by atoms with Crippen molar-refractivity contribution in [1.29, 1.82) is 0 Å². The molecule has 5 rings (SSSR count). The zero-order valence-corrected chi connectivity index (χ0v) is 18.4. The van der Waals surface area contributed by atoms with E-state index in [9.17, 15) is 9.59 Å². The molecule has 0 atom stereocenters. The summed E-state index contributed by atoms with van der Waals surface area (Å²) in [7, 11) is 2.13. The molecule has 2 fully saturated rings. The van der Waals surface area contributed by atoms with Gasteiger partial charge in [-0.1, -0.05) is 30.3 Å². The number of rotatable bonds is 4. The average Bonchev–Trinajstić information content (AvgIpc) is 3.10. The van der Waals surface area contributed by atoms with Gasteiger partial charge in [-0.15, -0.1) is 0 Å². The fourth-order valence-corrected chi connectivity index (χ4v) is 4.58. The van der Waals surface area contributed by atoms with Crippen LogP contribution < -0.4 is 9.80 Å². The van der Waals surface area contributed by atoms with Gasteiger partial charge < -0.3 is 19.4 Å². The van der Waals surface area contributed by atoms with E-state index in [1.807, 2.05) is 59.5 Å². The Morgan fingerprint density at radius 1 is 0.688 bits per heavy atom. The summed E-state index contributed by atoms with van der Waals surface area (Å²) in [6, 6.07) is 17.3. The molecular weight excluding hydrogens is 404 g/mol. The number of carbonyl (C=O) groups excluding carboxylic acids is 2. The molecule has 3 aliphatic heterocycles. The lowest BCUT2D eigenvalue weighted by Gasteiger charge is -2.34. The van der Waals surface area contributed by atoms with Crippen LogP contribution in [0, 0.1) is 0 Å². The third-order valence-corrected chi connectivity index (χ3v) is 6.43. The number of anilines is 2. The third-order valence-electron chi connectivity index (χ3n) is 6.43. The first kappa shape index (κ1) is 20.7. The molecule has 0 bridgehead atoms. The molecule has 0 aromatic heterocycles. The zero-order chi connectivity index (χ0) is 22.1. The molecule has 3 heterocycles. The number of amides is 2. The summed E-state index contributed by atoms with van der Waals surface area (Å²) in [4.78, 5) is 35.1. The number of piperazine rings is 1.